The zero-order chi connectivity index (χ0) is 7.98. The molecule has 0 fully saturated rings. The molecule has 0 heterocycles. The van der Waals surface area contributed by atoms with Gasteiger partial charge in [-0.25, -0.2) is 0 Å². The average molecular weight is 268 g/mol. The summed E-state index contributed by atoms with van der Waals surface area (Å²) < 4.78 is 0.951. The molecule has 0 saturated heterocycles. The molecule has 0 atom stereocenters. The summed E-state index contributed by atoms with van der Waals surface area (Å²) in [4.78, 5) is 0. The largest absolute Gasteiger partial charge is 0.385 e. The van der Waals surface area contributed by atoms with Crippen LogP contribution in [-0.4, -0.2) is 20.1 Å². The Morgan fingerprint density at radius 3 is 1.45 bits per heavy atom. The quantitative estimate of drug-likeness (QED) is 0.451. The molecule has 0 rings (SSSR count). The first-order valence-corrected chi connectivity index (χ1v) is 5.26. The Kier molecular flexibility index (Phi) is 12.0. The van der Waals surface area contributed by atoms with Gasteiger partial charge in [0.1, 0.15) is 8.64 Å². The van der Waals surface area contributed by atoms with Gasteiger partial charge in [0.15, 0.2) is 0 Å². The predicted octanol–water partition coefficient (Wildman–Crippen LogP) is 0.938. The van der Waals surface area contributed by atoms with Gasteiger partial charge in [-0.3, -0.25) is 0 Å². The molecule has 0 aliphatic carbocycles. The van der Waals surface area contributed by atoms with E-state index in [1.165, 1.54) is 23.5 Å². The molecule has 4 N–H and O–H groups in total. The molecular formula is C4H8FeN2S4. The van der Waals surface area contributed by atoms with Crippen LogP contribution in [0, 0.1) is 0 Å². The minimum Gasteiger partial charge on any atom is -0.385 e. The Balaban J connectivity index is 0. The van der Waals surface area contributed by atoms with E-state index < -0.39 is 0 Å². The molecule has 0 unspecified atom stereocenters. The van der Waals surface area contributed by atoms with E-state index in [4.69, 9.17) is 11.5 Å². The van der Waals surface area contributed by atoms with E-state index in [1.807, 2.05) is 0 Å². The van der Waals surface area contributed by atoms with Crippen LogP contribution in [0.1, 0.15) is 0 Å². The number of rotatable bonds is 3. The second kappa shape index (κ2) is 9.09. The van der Waals surface area contributed by atoms with E-state index in [0.29, 0.717) is 8.64 Å². The van der Waals surface area contributed by atoms with Crippen molar-refractivity contribution in [1.29, 1.82) is 0 Å². The second-order valence-electron chi connectivity index (χ2n) is 1.33. The third-order valence-corrected chi connectivity index (χ3v) is 2.92. The van der Waals surface area contributed by atoms with Crippen molar-refractivity contribution in [2.75, 3.05) is 11.5 Å². The molecular weight excluding hydrogens is 260 g/mol. The summed E-state index contributed by atoms with van der Waals surface area (Å²) in [6.45, 7) is 0. The van der Waals surface area contributed by atoms with Gasteiger partial charge >= 0.3 is 0 Å². The summed E-state index contributed by atoms with van der Waals surface area (Å²) >= 11 is 12.2. The van der Waals surface area contributed by atoms with Crippen molar-refractivity contribution >= 4 is 56.6 Å². The van der Waals surface area contributed by atoms with Crippen molar-refractivity contribution in [2.45, 2.75) is 0 Å². The fourth-order valence-corrected chi connectivity index (χ4v) is 1.85. The zero-order valence-electron chi connectivity index (χ0n) is 5.56. The molecule has 0 aromatic heterocycles. The summed E-state index contributed by atoms with van der Waals surface area (Å²) in [5, 5.41) is 0. The van der Waals surface area contributed by atoms with E-state index >= 15 is 0 Å². The average Bonchev–Trinajstić information content (AvgIpc) is 1.79. The molecule has 0 aromatic rings. The van der Waals surface area contributed by atoms with Gasteiger partial charge in [-0.05, 0) is 0 Å². The Hall–Kier alpha value is 0.999. The van der Waals surface area contributed by atoms with Crippen molar-refractivity contribution in [3.63, 3.8) is 0 Å². The maximum atomic E-state index is 5.23. The number of hydrogen-bond acceptors (Lipinski definition) is 4. The van der Waals surface area contributed by atoms with E-state index in [2.05, 4.69) is 24.4 Å². The molecule has 7 heteroatoms. The molecule has 0 amide bonds. The molecule has 2 nitrogen and oxygen atoms in total. The summed E-state index contributed by atoms with van der Waals surface area (Å²) in [6.07, 6.45) is 0. The van der Waals surface area contributed by atoms with Crippen molar-refractivity contribution in [2.24, 2.45) is 11.5 Å². The molecule has 0 spiro atoms. The van der Waals surface area contributed by atoms with Crippen LogP contribution >= 0.6 is 48.0 Å². The first-order valence-electron chi connectivity index (χ1n) is 2.47. The summed E-state index contributed by atoms with van der Waals surface area (Å²) in [7, 11) is 0. The first kappa shape index (κ1) is 14.5. The van der Waals surface area contributed by atoms with E-state index in [1.54, 1.807) is 0 Å². The van der Waals surface area contributed by atoms with Crippen molar-refractivity contribution in [3.8, 4) is 0 Å². The summed E-state index contributed by atoms with van der Waals surface area (Å²) in [6, 6.07) is 0. The fourth-order valence-electron chi connectivity index (χ4n) is 0.285. The third kappa shape index (κ3) is 13.9. The Morgan fingerprint density at radius 2 is 1.27 bits per heavy atom. The number of thioether (sulfide) groups is 2. The van der Waals surface area contributed by atoms with Crippen LogP contribution in [0.3, 0.4) is 0 Å². The Morgan fingerprint density at radius 1 is 1.00 bits per heavy atom. The Bertz CT molecular complexity index is 124. The van der Waals surface area contributed by atoms with Gasteiger partial charge in [0.2, 0.25) is 0 Å². The monoisotopic (exact) mass is 268 g/mol. The Labute approximate surface area is 96.1 Å². The summed E-state index contributed by atoms with van der Waals surface area (Å²) in [5.74, 6) is 1.74. The summed E-state index contributed by atoms with van der Waals surface area (Å²) in [5.41, 5.74) is 10.5. The van der Waals surface area contributed by atoms with Crippen molar-refractivity contribution in [3.05, 3.63) is 0 Å². The van der Waals surface area contributed by atoms with E-state index in [-0.39, 0.29) is 17.1 Å². The number of nitrogens with two attached hydrogens (primary N) is 2. The van der Waals surface area contributed by atoms with Gasteiger partial charge in [-0.2, -0.15) is 0 Å². The minimum absolute atomic E-state index is 0. The van der Waals surface area contributed by atoms with Crippen molar-refractivity contribution in [1.82, 2.24) is 0 Å². The van der Waals surface area contributed by atoms with Crippen LogP contribution < -0.4 is 11.5 Å². The van der Waals surface area contributed by atoms with Gasteiger partial charge in [-0.15, -0.1) is 0 Å². The molecule has 0 aliphatic rings. The maximum Gasteiger partial charge on any atom is 0.131 e. The van der Waals surface area contributed by atoms with E-state index in [0.717, 1.165) is 11.5 Å². The predicted molar refractivity (Wildman–Crippen MR) is 58.5 cm³/mol. The van der Waals surface area contributed by atoms with Gasteiger partial charge in [0.25, 0.3) is 0 Å². The van der Waals surface area contributed by atoms with Crippen LogP contribution in [0.15, 0.2) is 0 Å². The SMILES string of the molecule is NC(=S)SCCSC(N)=S.[Fe]. The van der Waals surface area contributed by atoms with Crippen LogP contribution in [0.4, 0.5) is 0 Å². The van der Waals surface area contributed by atoms with Crippen LogP contribution in [0.5, 0.6) is 0 Å². The molecule has 0 aromatic carbocycles. The van der Waals surface area contributed by atoms with Crippen molar-refractivity contribution < 1.29 is 17.1 Å². The molecule has 66 valence electrons. The zero-order valence-corrected chi connectivity index (χ0v) is 9.93. The maximum absolute atomic E-state index is 5.23. The topological polar surface area (TPSA) is 52.0 Å². The number of thiocarbonyl (C=S) groups is 2. The molecule has 11 heavy (non-hydrogen) atoms. The van der Waals surface area contributed by atoms with Gasteiger partial charge in [-0.1, -0.05) is 48.0 Å². The fraction of sp³-hybridized carbons (Fsp3) is 0.500. The van der Waals surface area contributed by atoms with Crippen LogP contribution in [-0.2, 0) is 17.1 Å². The normalized spacial score (nSPS) is 8.36. The molecule has 0 radical (unpaired) electrons. The molecule has 0 aliphatic heterocycles. The van der Waals surface area contributed by atoms with Gasteiger partial charge in [0, 0.05) is 28.6 Å². The number of hydrogen-bond donors (Lipinski definition) is 2. The van der Waals surface area contributed by atoms with E-state index in [9.17, 15) is 0 Å². The van der Waals surface area contributed by atoms with Gasteiger partial charge < -0.3 is 11.5 Å². The molecule has 0 saturated carbocycles. The van der Waals surface area contributed by atoms with Crippen LogP contribution in [0.25, 0.3) is 0 Å². The minimum atomic E-state index is 0. The first-order chi connectivity index (χ1) is 4.63. The van der Waals surface area contributed by atoms with Crippen LogP contribution in [0.2, 0.25) is 0 Å². The van der Waals surface area contributed by atoms with Gasteiger partial charge in [0.05, 0.1) is 0 Å². The molecule has 0 bridgehead atoms. The standard InChI is InChI=1S/C4H8N2S4.Fe/c5-3(7)9-1-2-10-4(6)8;/h1-2H2,(H2,5,7)(H2,6,8);. The second-order valence-corrected chi connectivity index (χ2v) is 5.00. The third-order valence-electron chi connectivity index (χ3n) is 0.572. The smallest absolute Gasteiger partial charge is 0.131 e.